The number of hydrogen-bond acceptors (Lipinski definition) is 6. The first-order valence-electron chi connectivity index (χ1n) is 12.6. The summed E-state index contributed by atoms with van der Waals surface area (Å²) in [7, 11) is -0.784. The van der Waals surface area contributed by atoms with Crippen LogP contribution in [0, 0.1) is 11.7 Å². The van der Waals surface area contributed by atoms with Gasteiger partial charge in [-0.1, -0.05) is 24.8 Å². The number of nitrogens with one attached hydrogen (secondary N) is 2. The summed E-state index contributed by atoms with van der Waals surface area (Å²) in [5.74, 6) is -2.14. The molecule has 3 aliphatic rings. The van der Waals surface area contributed by atoms with Crippen molar-refractivity contribution in [1.29, 1.82) is 0 Å². The maximum Gasteiger partial charge on any atom is 0.281 e. The minimum absolute atomic E-state index is 0.0827. The first-order valence-corrected chi connectivity index (χ1v) is 14.1. The molecule has 2 aromatic rings. The van der Waals surface area contributed by atoms with Gasteiger partial charge in [0.25, 0.3) is 5.92 Å². The highest BCUT2D eigenvalue weighted by atomic mass is 32.2. The molecule has 1 aromatic heterocycles. The summed E-state index contributed by atoms with van der Waals surface area (Å²) >= 11 is 0. The lowest BCUT2D eigenvalue weighted by atomic mass is 9.91. The predicted molar refractivity (Wildman–Crippen MR) is 140 cm³/mol. The van der Waals surface area contributed by atoms with Gasteiger partial charge in [-0.2, -0.15) is 0 Å². The lowest BCUT2D eigenvalue weighted by Gasteiger charge is -2.26. The van der Waals surface area contributed by atoms with Crippen LogP contribution >= 0.6 is 0 Å². The highest BCUT2D eigenvalue weighted by molar-refractivity contribution is 7.85. The highest BCUT2D eigenvalue weighted by Crippen LogP contribution is 2.42. The van der Waals surface area contributed by atoms with Gasteiger partial charge in [0, 0.05) is 34.5 Å². The smallest absolute Gasteiger partial charge is 0.281 e. The van der Waals surface area contributed by atoms with Crippen molar-refractivity contribution in [2.24, 2.45) is 10.9 Å². The summed E-state index contributed by atoms with van der Waals surface area (Å²) in [6, 6.07) is 5.48. The van der Waals surface area contributed by atoms with Crippen molar-refractivity contribution in [3.63, 3.8) is 0 Å². The summed E-state index contributed by atoms with van der Waals surface area (Å²) in [5, 5.41) is 7.76. The zero-order valence-electron chi connectivity index (χ0n) is 21.0. The third kappa shape index (κ3) is 5.05. The van der Waals surface area contributed by atoms with E-state index in [1.54, 1.807) is 13.8 Å². The van der Waals surface area contributed by atoms with Crippen molar-refractivity contribution in [2.75, 3.05) is 30.0 Å². The van der Waals surface area contributed by atoms with Gasteiger partial charge in [-0.3, -0.25) is 4.21 Å². The van der Waals surface area contributed by atoms with Crippen LogP contribution in [0.4, 0.5) is 19.0 Å². The van der Waals surface area contributed by atoms with Crippen LogP contribution in [0.25, 0.3) is 12.4 Å². The lowest BCUT2D eigenvalue weighted by molar-refractivity contribution is -0.0691. The van der Waals surface area contributed by atoms with Gasteiger partial charge in [0.2, 0.25) is 0 Å². The average molecular weight is 533 g/mol. The Morgan fingerprint density at radius 3 is 2.73 bits per heavy atom. The number of rotatable bonds is 6. The molecule has 0 bridgehead atoms. The molecule has 0 radical (unpaired) electrons. The molecule has 0 amide bonds. The minimum Gasteiger partial charge on any atom is -0.381 e. The molecule has 2 unspecified atom stereocenters. The van der Waals surface area contributed by atoms with Crippen LogP contribution in [0.15, 0.2) is 29.3 Å². The van der Waals surface area contributed by atoms with E-state index < -0.39 is 40.1 Å². The molecule has 10 heteroatoms. The molecular formula is C27H31F3N4O2S. The number of hydrogen-bond donors (Lipinski definition) is 2. The number of benzene rings is 1. The average Bonchev–Trinajstić information content (AvgIpc) is 3.40. The van der Waals surface area contributed by atoms with Gasteiger partial charge < -0.3 is 15.4 Å². The first-order chi connectivity index (χ1) is 17.6. The molecule has 5 rings (SSSR count). The molecule has 0 spiro atoms. The Morgan fingerprint density at radius 1 is 1.27 bits per heavy atom. The summed E-state index contributed by atoms with van der Waals surface area (Å²) < 4.78 is 62.8. The van der Waals surface area contributed by atoms with Gasteiger partial charge >= 0.3 is 0 Å². The molecule has 198 valence electrons. The van der Waals surface area contributed by atoms with Crippen LogP contribution < -0.4 is 21.2 Å². The van der Waals surface area contributed by atoms with Crippen LogP contribution in [-0.2, 0) is 21.5 Å². The number of ether oxygens (including phenoxy) is 1. The summed E-state index contributed by atoms with van der Waals surface area (Å²) in [6.45, 7) is 7.81. The van der Waals surface area contributed by atoms with Crippen LogP contribution in [0.2, 0.25) is 0 Å². The topological polar surface area (TPSA) is 75.6 Å². The van der Waals surface area contributed by atoms with Gasteiger partial charge in [0.1, 0.15) is 23.3 Å². The number of amidine groups is 1. The van der Waals surface area contributed by atoms with Gasteiger partial charge in [-0.25, -0.2) is 23.1 Å². The number of alkyl halides is 2. The number of halogens is 3. The summed E-state index contributed by atoms with van der Waals surface area (Å²) in [5.41, 5.74) is 0.503. The predicted octanol–water partition coefficient (Wildman–Crippen LogP) is 3.65. The van der Waals surface area contributed by atoms with E-state index in [2.05, 4.69) is 27.2 Å². The van der Waals surface area contributed by atoms with Crippen molar-refractivity contribution < 1.29 is 22.1 Å². The Labute approximate surface area is 216 Å². The standard InChI is InChI=1S/C27H31F3N4O2S/c1-15(20-5-4-6-23(24(20)28)27(29,30)19-7-10-36-14-19)31-25-22-13-21(18-8-11-37(35)12-9-18)16(2)32-26(22)34-17(3)33-25/h4-6,13,15,18-19H,2,7-12,14H2,1,3H3,(H2,31,32,33,34). The van der Waals surface area contributed by atoms with Gasteiger partial charge in [-0.05, 0) is 50.7 Å². The zero-order valence-corrected chi connectivity index (χ0v) is 21.8. The van der Waals surface area contributed by atoms with Crippen molar-refractivity contribution >= 4 is 34.9 Å². The largest absolute Gasteiger partial charge is 0.381 e. The van der Waals surface area contributed by atoms with Crippen LogP contribution in [0.1, 0.15) is 61.8 Å². The lowest BCUT2D eigenvalue weighted by Crippen LogP contribution is -2.35. The fourth-order valence-corrected chi connectivity index (χ4v) is 6.60. The van der Waals surface area contributed by atoms with Crippen molar-refractivity contribution in [2.45, 2.75) is 51.0 Å². The second-order valence-corrected chi connectivity index (χ2v) is 11.7. The van der Waals surface area contributed by atoms with Crippen LogP contribution in [0.3, 0.4) is 0 Å². The number of aliphatic imine (C=N–C) groups is 1. The molecule has 3 aliphatic heterocycles. The maximum atomic E-state index is 15.5. The molecule has 0 aliphatic carbocycles. The third-order valence-electron chi connectivity index (χ3n) is 7.45. The summed E-state index contributed by atoms with van der Waals surface area (Å²) in [6.07, 6.45) is 1.78. The van der Waals surface area contributed by atoms with Crippen molar-refractivity contribution in [1.82, 2.24) is 10.3 Å². The Kier molecular flexibility index (Phi) is 7.15. The van der Waals surface area contributed by atoms with E-state index in [4.69, 9.17) is 4.74 Å². The quantitative estimate of drug-likeness (QED) is 0.594. The van der Waals surface area contributed by atoms with E-state index >= 15 is 13.2 Å². The monoisotopic (exact) mass is 532 g/mol. The number of fused-ring (bicyclic) bond motifs is 1. The van der Waals surface area contributed by atoms with E-state index in [1.807, 2.05) is 6.07 Å². The fourth-order valence-electron chi connectivity index (χ4n) is 5.30. The number of anilines is 1. The normalized spacial score (nSPS) is 24.7. The SMILES string of the molecule is C=c1nc2c(cc1C1CCS(=O)CC1)=C(NC(C)c1cccc(C(F)(F)C3CCOC3)c1F)N=C(C)N2. The zero-order chi connectivity index (χ0) is 26.3. The highest BCUT2D eigenvalue weighted by Gasteiger charge is 2.45. The van der Waals surface area contributed by atoms with Crippen LogP contribution in [-0.4, -0.2) is 39.7 Å². The van der Waals surface area contributed by atoms with Gasteiger partial charge in [0.05, 0.1) is 34.7 Å². The number of pyridine rings is 1. The fraction of sp³-hybridized carbons (Fsp3) is 0.481. The first kappa shape index (κ1) is 25.9. The Bertz CT molecular complexity index is 1360. The number of nitrogens with zero attached hydrogens (tertiary/aromatic N) is 2. The second kappa shape index (κ2) is 10.2. The number of aromatic nitrogens is 1. The molecule has 6 nitrogen and oxygen atoms in total. The van der Waals surface area contributed by atoms with Crippen molar-refractivity contribution in [3.05, 3.63) is 57.3 Å². The Morgan fingerprint density at radius 2 is 2.03 bits per heavy atom. The van der Waals surface area contributed by atoms with E-state index in [0.29, 0.717) is 39.5 Å². The molecule has 2 fully saturated rings. The molecule has 1 aromatic carbocycles. The van der Waals surface area contributed by atoms with E-state index in [0.717, 1.165) is 24.5 Å². The van der Waals surface area contributed by atoms with E-state index in [9.17, 15) is 4.21 Å². The Balaban J connectivity index is 1.50. The summed E-state index contributed by atoms with van der Waals surface area (Å²) in [4.78, 5) is 9.27. The van der Waals surface area contributed by atoms with E-state index in [-0.39, 0.29) is 31.1 Å². The molecule has 4 heterocycles. The Hall–Kier alpha value is -2.72. The van der Waals surface area contributed by atoms with Gasteiger partial charge in [0.15, 0.2) is 0 Å². The molecule has 37 heavy (non-hydrogen) atoms. The van der Waals surface area contributed by atoms with Crippen molar-refractivity contribution in [3.8, 4) is 0 Å². The third-order valence-corrected chi connectivity index (χ3v) is 8.83. The second-order valence-electron chi connectivity index (χ2n) is 9.97. The van der Waals surface area contributed by atoms with Gasteiger partial charge in [-0.15, -0.1) is 0 Å². The molecule has 2 atom stereocenters. The molecule has 2 N–H and O–H groups in total. The van der Waals surface area contributed by atoms with Crippen LogP contribution in [0.5, 0.6) is 0 Å². The minimum atomic E-state index is -3.33. The molecule has 0 saturated carbocycles. The molecular weight excluding hydrogens is 501 g/mol. The van der Waals surface area contributed by atoms with E-state index in [1.165, 1.54) is 12.1 Å². The maximum absolute atomic E-state index is 15.5. The molecule has 2 saturated heterocycles.